The number of amides is 2. The summed E-state index contributed by atoms with van der Waals surface area (Å²) in [5.74, 6) is -1.26. The van der Waals surface area contributed by atoms with Crippen molar-refractivity contribution in [1.82, 2.24) is 9.88 Å². The van der Waals surface area contributed by atoms with Crippen LogP contribution >= 0.6 is 0 Å². The lowest BCUT2D eigenvalue weighted by Crippen LogP contribution is -2.28. The van der Waals surface area contributed by atoms with Gasteiger partial charge >= 0.3 is 6.18 Å². The van der Waals surface area contributed by atoms with E-state index in [1.807, 2.05) is 0 Å². The second-order valence-corrected chi connectivity index (χ2v) is 6.06. The van der Waals surface area contributed by atoms with Crippen molar-refractivity contribution in [3.63, 3.8) is 0 Å². The Labute approximate surface area is 147 Å². The van der Waals surface area contributed by atoms with Crippen LogP contribution in [0.3, 0.4) is 0 Å². The van der Waals surface area contributed by atoms with E-state index in [1.165, 1.54) is 17.0 Å². The van der Waals surface area contributed by atoms with Crippen molar-refractivity contribution in [3.05, 3.63) is 59.9 Å². The van der Waals surface area contributed by atoms with Gasteiger partial charge in [0.2, 0.25) is 11.8 Å². The third-order valence-corrected chi connectivity index (χ3v) is 4.12. The zero-order valence-corrected chi connectivity index (χ0v) is 13.7. The first kappa shape index (κ1) is 17.9. The average molecular weight is 363 g/mol. The zero-order chi connectivity index (χ0) is 18.7. The Morgan fingerprint density at radius 1 is 1.23 bits per heavy atom. The van der Waals surface area contributed by atoms with Crippen molar-refractivity contribution in [3.8, 4) is 0 Å². The Morgan fingerprint density at radius 3 is 2.73 bits per heavy atom. The number of halogens is 3. The van der Waals surface area contributed by atoms with Crippen LogP contribution in [0.2, 0.25) is 0 Å². The van der Waals surface area contributed by atoms with E-state index in [0.29, 0.717) is 12.2 Å². The fourth-order valence-corrected chi connectivity index (χ4v) is 2.81. The minimum absolute atomic E-state index is 0.0254. The predicted molar refractivity (Wildman–Crippen MR) is 87.8 cm³/mol. The van der Waals surface area contributed by atoms with Crippen molar-refractivity contribution in [2.75, 3.05) is 11.9 Å². The Bertz CT molecular complexity index is 809. The quantitative estimate of drug-likeness (QED) is 0.908. The average Bonchev–Trinajstić information content (AvgIpc) is 2.96. The molecule has 1 aromatic heterocycles. The lowest BCUT2D eigenvalue weighted by molar-refractivity contribution is -0.137. The van der Waals surface area contributed by atoms with Gasteiger partial charge in [-0.25, -0.2) is 0 Å². The van der Waals surface area contributed by atoms with Crippen LogP contribution in [-0.2, 0) is 22.3 Å². The largest absolute Gasteiger partial charge is 0.416 e. The number of hydrogen-bond donors (Lipinski definition) is 1. The number of likely N-dealkylation sites (tertiary alicyclic amines) is 1. The molecule has 1 aliphatic heterocycles. The predicted octanol–water partition coefficient (Wildman–Crippen LogP) is 3.09. The standard InChI is InChI=1S/C18H16F3N3O2/c19-18(20,21)13-4-3-6-14(9-13)23-17(26)12-8-16(25)24(10-12)11-15-5-1-2-7-22-15/h1-7,9,12H,8,10-11H2,(H,23,26). The molecule has 0 radical (unpaired) electrons. The van der Waals surface area contributed by atoms with Crippen molar-refractivity contribution < 1.29 is 22.8 Å². The summed E-state index contributed by atoms with van der Waals surface area (Å²) >= 11 is 0. The highest BCUT2D eigenvalue weighted by Crippen LogP contribution is 2.31. The number of aromatic nitrogens is 1. The highest BCUT2D eigenvalue weighted by molar-refractivity contribution is 5.97. The molecule has 2 aromatic rings. The summed E-state index contributed by atoms with van der Waals surface area (Å²) in [6.07, 6.45) is -2.84. The normalized spacial score (nSPS) is 17.4. The number of benzene rings is 1. The summed E-state index contributed by atoms with van der Waals surface area (Å²) < 4.78 is 38.2. The van der Waals surface area contributed by atoms with Crippen LogP contribution in [0, 0.1) is 5.92 Å². The first-order valence-electron chi connectivity index (χ1n) is 7.99. The van der Waals surface area contributed by atoms with Gasteiger partial charge in [-0.05, 0) is 30.3 Å². The van der Waals surface area contributed by atoms with E-state index in [4.69, 9.17) is 0 Å². The maximum absolute atomic E-state index is 12.7. The monoisotopic (exact) mass is 363 g/mol. The van der Waals surface area contributed by atoms with Crippen molar-refractivity contribution >= 4 is 17.5 Å². The second-order valence-electron chi connectivity index (χ2n) is 6.06. The van der Waals surface area contributed by atoms with Crippen LogP contribution in [0.15, 0.2) is 48.7 Å². The SMILES string of the molecule is O=C(Nc1cccc(C(F)(F)F)c1)C1CC(=O)N(Cc2ccccn2)C1. The van der Waals surface area contributed by atoms with Gasteiger partial charge in [-0.1, -0.05) is 12.1 Å². The van der Waals surface area contributed by atoms with Gasteiger partial charge in [0.1, 0.15) is 0 Å². The fraction of sp³-hybridized carbons (Fsp3) is 0.278. The Kier molecular flexibility index (Phi) is 4.92. The summed E-state index contributed by atoms with van der Waals surface area (Å²) in [4.78, 5) is 30.1. The van der Waals surface area contributed by atoms with Gasteiger partial charge in [0, 0.05) is 24.8 Å². The first-order valence-corrected chi connectivity index (χ1v) is 7.99. The molecule has 1 unspecified atom stereocenters. The molecular weight excluding hydrogens is 347 g/mol. The lowest BCUT2D eigenvalue weighted by Gasteiger charge is -2.16. The van der Waals surface area contributed by atoms with E-state index in [9.17, 15) is 22.8 Å². The number of nitrogens with one attached hydrogen (secondary N) is 1. The highest BCUT2D eigenvalue weighted by atomic mass is 19.4. The minimum atomic E-state index is -4.48. The zero-order valence-electron chi connectivity index (χ0n) is 13.7. The molecule has 0 aliphatic carbocycles. The van der Waals surface area contributed by atoms with Crippen LogP contribution in [-0.4, -0.2) is 28.2 Å². The molecule has 2 heterocycles. The van der Waals surface area contributed by atoms with Crippen molar-refractivity contribution in [1.29, 1.82) is 0 Å². The molecule has 8 heteroatoms. The van der Waals surface area contributed by atoms with Crippen LogP contribution in [0.5, 0.6) is 0 Å². The second kappa shape index (κ2) is 7.15. The molecule has 136 valence electrons. The molecule has 1 aromatic carbocycles. The first-order chi connectivity index (χ1) is 12.3. The van der Waals surface area contributed by atoms with Crippen molar-refractivity contribution in [2.24, 2.45) is 5.92 Å². The van der Waals surface area contributed by atoms with E-state index in [0.717, 1.165) is 12.1 Å². The molecule has 1 atom stereocenters. The van der Waals surface area contributed by atoms with E-state index < -0.39 is 23.6 Å². The molecule has 1 saturated heterocycles. The van der Waals surface area contributed by atoms with Gasteiger partial charge in [0.05, 0.1) is 23.7 Å². The summed E-state index contributed by atoms with van der Waals surface area (Å²) in [6, 6.07) is 9.77. The molecular formula is C18H16F3N3O2. The van der Waals surface area contributed by atoms with Crippen LogP contribution < -0.4 is 5.32 Å². The summed E-state index contributed by atoms with van der Waals surface area (Å²) in [5, 5.41) is 2.47. The molecule has 3 rings (SSSR count). The number of hydrogen-bond acceptors (Lipinski definition) is 3. The molecule has 0 saturated carbocycles. The maximum Gasteiger partial charge on any atom is 0.416 e. The van der Waals surface area contributed by atoms with E-state index in [1.54, 1.807) is 24.4 Å². The minimum Gasteiger partial charge on any atom is -0.336 e. The molecule has 2 amide bonds. The maximum atomic E-state index is 12.7. The van der Waals surface area contributed by atoms with Gasteiger partial charge in [-0.15, -0.1) is 0 Å². The summed E-state index contributed by atoms with van der Waals surface area (Å²) in [5.41, 5.74) is -0.0742. The van der Waals surface area contributed by atoms with Crippen LogP contribution in [0.4, 0.5) is 18.9 Å². The fourth-order valence-electron chi connectivity index (χ4n) is 2.81. The molecule has 0 spiro atoms. The number of carbonyl (C=O) groups excluding carboxylic acids is 2. The van der Waals surface area contributed by atoms with Gasteiger partial charge in [0.25, 0.3) is 0 Å². The van der Waals surface area contributed by atoms with Gasteiger partial charge in [0.15, 0.2) is 0 Å². The Morgan fingerprint density at radius 2 is 2.04 bits per heavy atom. The summed E-state index contributed by atoms with van der Waals surface area (Å²) in [7, 11) is 0. The van der Waals surface area contributed by atoms with Crippen molar-refractivity contribution in [2.45, 2.75) is 19.1 Å². The molecule has 0 bridgehead atoms. The Balaban J connectivity index is 1.63. The van der Waals surface area contributed by atoms with Gasteiger partial charge in [-0.3, -0.25) is 14.6 Å². The van der Waals surface area contributed by atoms with Crippen LogP contribution in [0.25, 0.3) is 0 Å². The lowest BCUT2D eigenvalue weighted by atomic mass is 10.1. The molecule has 1 aliphatic rings. The van der Waals surface area contributed by atoms with Gasteiger partial charge < -0.3 is 10.2 Å². The van der Waals surface area contributed by atoms with E-state index in [2.05, 4.69) is 10.3 Å². The number of carbonyl (C=O) groups is 2. The molecule has 1 N–H and O–H groups in total. The van der Waals surface area contributed by atoms with Gasteiger partial charge in [-0.2, -0.15) is 13.2 Å². The third kappa shape index (κ3) is 4.19. The number of rotatable bonds is 4. The third-order valence-electron chi connectivity index (χ3n) is 4.12. The summed E-state index contributed by atoms with van der Waals surface area (Å²) in [6.45, 7) is 0.507. The molecule has 26 heavy (non-hydrogen) atoms. The number of anilines is 1. The number of alkyl halides is 3. The molecule has 1 fully saturated rings. The van der Waals surface area contributed by atoms with E-state index in [-0.39, 0.29) is 24.6 Å². The smallest absolute Gasteiger partial charge is 0.336 e. The van der Waals surface area contributed by atoms with E-state index >= 15 is 0 Å². The van der Waals surface area contributed by atoms with Crippen LogP contribution in [0.1, 0.15) is 17.7 Å². The number of nitrogens with zero attached hydrogens (tertiary/aromatic N) is 2. The number of pyridine rings is 1. The topological polar surface area (TPSA) is 62.3 Å². The Hall–Kier alpha value is -2.90. The highest BCUT2D eigenvalue weighted by Gasteiger charge is 2.35. The molecule has 5 nitrogen and oxygen atoms in total.